The normalized spacial score (nSPS) is 10.3. The molecule has 1 aromatic carbocycles. The van der Waals surface area contributed by atoms with E-state index in [4.69, 9.17) is 5.73 Å². The largest absolute Gasteiger partial charge is 0.399 e. The molecule has 0 fully saturated rings. The first kappa shape index (κ1) is 12.2. The molecule has 0 aliphatic rings. The molecule has 1 heterocycles. The summed E-state index contributed by atoms with van der Waals surface area (Å²) in [6.45, 7) is 3.17. The molecule has 0 aliphatic carbocycles. The average molecular weight is 244 g/mol. The van der Waals surface area contributed by atoms with Gasteiger partial charge in [0.25, 0.3) is 5.91 Å². The molecule has 0 unspecified atom stereocenters. The quantitative estimate of drug-likeness (QED) is 0.794. The molecule has 5 heteroatoms. The van der Waals surface area contributed by atoms with E-state index in [0.29, 0.717) is 24.3 Å². The minimum Gasteiger partial charge on any atom is -0.399 e. The number of carbonyl (C=O) groups excluding carboxylic acids is 1. The van der Waals surface area contributed by atoms with Crippen LogP contribution in [0.5, 0.6) is 0 Å². The second-order valence-corrected chi connectivity index (χ2v) is 4.16. The predicted octanol–water partition coefficient (Wildman–Crippen LogP) is 1.20. The number of nitrogens with two attached hydrogens (primary N) is 1. The van der Waals surface area contributed by atoms with Crippen molar-refractivity contribution in [3.8, 4) is 0 Å². The van der Waals surface area contributed by atoms with E-state index in [0.717, 1.165) is 5.56 Å². The lowest BCUT2D eigenvalue weighted by Gasteiger charge is -2.06. The summed E-state index contributed by atoms with van der Waals surface area (Å²) >= 11 is 0. The van der Waals surface area contributed by atoms with Crippen LogP contribution in [0.25, 0.3) is 0 Å². The Morgan fingerprint density at radius 1 is 1.50 bits per heavy atom. The number of rotatable bonds is 4. The molecule has 0 aliphatic heterocycles. The van der Waals surface area contributed by atoms with Crippen LogP contribution in [0.3, 0.4) is 0 Å². The van der Waals surface area contributed by atoms with Gasteiger partial charge in [-0.2, -0.15) is 5.10 Å². The summed E-state index contributed by atoms with van der Waals surface area (Å²) < 4.78 is 1.80. The molecule has 1 aromatic heterocycles. The zero-order chi connectivity index (χ0) is 13.0. The molecule has 2 aromatic rings. The molecule has 0 atom stereocenters. The van der Waals surface area contributed by atoms with Crippen LogP contribution in [0, 0.1) is 6.92 Å². The molecule has 0 bridgehead atoms. The van der Waals surface area contributed by atoms with E-state index in [1.54, 1.807) is 35.1 Å². The Labute approximate surface area is 106 Å². The summed E-state index contributed by atoms with van der Waals surface area (Å²) in [5, 5.41) is 6.97. The summed E-state index contributed by atoms with van der Waals surface area (Å²) in [5.41, 5.74) is 7.90. The van der Waals surface area contributed by atoms with Crippen molar-refractivity contribution in [3.05, 3.63) is 47.8 Å². The third kappa shape index (κ3) is 3.10. The van der Waals surface area contributed by atoms with Crippen LogP contribution in [0.1, 0.15) is 15.9 Å². The Morgan fingerprint density at radius 3 is 3.00 bits per heavy atom. The monoisotopic (exact) mass is 244 g/mol. The van der Waals surface area contributed by atoms with E-state index in [-0.39, 0.29) is 5.91 Å². The number of amides is 1. The number of aromatic nitrogens is 2. The molecule has 18 heavy (non-hydrogen) atoms. The lowest BCUT2D eigenvalue weighted by atomic mass is 10.2. The molecule has 0 saturated heterocycles. The summed E-state index contributed by atoms with van der Waals surface area (Å²) in [5.74, 6) is -0.119. The number of benzene rings is 1. The van der Waals surface area contributed by atoms with Gasteiger partial charge in [0.15, 0.2) is 0 Å². The van der Waals surface area contributed by atoms with Crippen LogP contribution in [0.15, 0.2) is 36.7 Å². The minimum absolute atomic E-state index is 0.119. The number of nitrogen functional groups attached to an aromatic ring is 1. The number of nitrogens with zero attached hydrogens (tertiary/aromatic N) is 2. The van der Waals surface area contributed by atoms with Crippen molar-refractivity contribution in [3.63, 3.8) is 0 Å². The lowest BCUT2D eigenvalue weighted by Crippen LogP contribution is -2.27. The fourth-order valence-electron chi connectivity index (χ4n) is 1.66. The topological polar surface area (TPSA) is 72.9 Å². The minimum atomic E-state index is -0.119. The Morgan fingerprint density at radius 2 is 2.33 bits per heavy atom. The van der Waals surface area contributed by atoms with Crippen molar-refractivity contribution in [2.45, 2.75) is 13.5 Å². The second kappa shape index (κ2) is 5.35. The first-order chi connectivity index (χ1) is 8.65. The van der Waals surface area contributed by atoms with E-state index >= 15 is 0 Å². The predicted molar refractivity (Wildman–Crippen MR) is 70.2 cm³/mol. The van der Waals surface area contributed by atoms with Gasteiger partial charge in [0, 0.05) is 24.0 Å². The van der Waals surface area contributed by atoms with Gasteiger partial charge in [-0.25, -0.2) is 0 Å². The molecule has 94 valence electrons. The third-order valence-electron chi connectivity index (χ3n) is 2.54. The Kier molecular flexibility index (Phi) is 3.62. The molecule has 0 saturated carbocycles. The van der Waals surface area contributed by atoms with Gasteiger partial charge in [-0.1, -0.05) is 6.07 Å². The van der Waals surface area contributed by atoms with Gasteiger partial charge in [0.1, 0.15) is 0 Å². The maximum atomic E-state index is 11.8. The molecular formula is C13H16N4O. The van der Waals surface area contributed by atoms with Gasteiger partial charge in [0.05, 0.1) is 12.7 Å². The first-order valence-corrected chi connectivity index (χ1v) is 5.78. The second-order valence-electron chi connectivity index (χ2n) is 4.16. The van der Waals surface area contributed by atoms with Gasteiger partial charge < -0.3 is 11.1 Å². The highest BCUT2D eigenvalue weighted by atomic mass is 16.1. The Balaban J connectivity index is 1.85. The number of anilines is 1. The smallest absolute Gasteiger partial charge is 0.251 e. The maximum absolute atomic E-state index is 11.8. The van der Waals surface area contributed by atoms with Crippen LogP contribution in [-0.4, -0.2) is 22.2 Å². The van der Waals surface area contributed by atoms with E-state index in [1.165, 1.54) is 0 Å². The maximum Gasteiger partial charge on any atom is 0.251 e. The summed E-state index contributed by atoms with van der Waals surface area (Å²) in [6.07, 6.45) is 3.73. The molecule has 0 spiro atoms. The zero-order valence-corrected chi connectivity index (χ0v) is 10.3. The van der Waals surface area contributed by atoms with Crippen molar-refractivity contribution in [1.82, 2.24) is 15.1 Å². The Bertz CT molecular complexity index is 547. The van der Waals surface area contributed by atoms with Crippen LogP contribution < -0.4 is 11.1 Å². The van der Waals surface area contributed by atoms with Gasteiger partial charge in [-0.15, -0.1) is 0 Å². The highest BCUT2D eigenvalue weighted by Crippen LogP contribution is 2.05. The molecule has 3 N–H and O–H groups in total. The molecule has 2 rings (SSSR count). The van der Waals surface area contributed by atoms with Crippen molar-refractivity contribution in [2.75, 3.05) is 12.3 Å². The van der Waals surface area contributed by atoms with Crippen molar-refractivity contribution in [2.24, 2.45) is 0 Å². The van der Waals surface area contributed by atoms with E-state index in [1.807, 2.05) is 13.1 Å². The van der Waals surface area contributed by atoms with Gasteiger partial charge in [-0.3, -0.25) is 9.48 Å². The Hall–Kier alpha value is -2.30. The van der Waals surface area contributed by atoms with E-state index in [2.05, 4.69) is 10.4 Å². The van der Waals surface area contributed by atoms with Gasteiger partial charge >= 0.3 is 0 Å². The number of nitrogens with one attached hydrogen (secondary N) is 1. The first-order valence-electron chi connectivity index (χ1n) is 5.78. The number of aryl methyl sites for hydroxylation is 1. The van der Waals surface area contributed by atoms with Crippen LogP contribution in [0.4, 0.5) is 5.69 Å². The highest BCUT2D eigenvalue weighted by molar-refractivity contribution is 5.94. The summed E-state index contributed by atoms with van der Waals surface area (Å²) in [4.78, 5) is 11.8. The summed E-state index contributed by atoms with van der Waals surface area (Å²) in [6, 6.07) is 6.92. The standard InChI is InChI=1S/C13H16N4O/c1-10-8-16-17(9-10)6-5-15-13(18)11-3-2-4-12(14)7-11/h2-4,7-9H,5-6,14H2,1H3,(H,15,18). The third-order valence-corrected chi connectivity index (χ3v) is 2.54. The fourth-order valence-corrected chi connectivity index (χ4v) is 1.66. The SMILES string of the molecule is Cc1cnn(CCNC(=O)c2cccc(N)c2)c1. The number of hydrogen-bond acceptors (Lipinski definition) is 3. The van der Waals surface area contributed by atoms with E-state index < -0.39 is 0 Å². The van der Waals surface area contributed by atoms with Crippen LogP contribution in [0.2, 0.25) is 0 Å². The molecule has 5 nitrogen and oxygen atoms in total. The van der Waals surface area contributed by atoms with E-state index in [9.17, 15) is 4.79 Å². The summed E-state index contributed by atoms with van der Waals surface area (Å²) in [7, 11) is 0. The molecular weight excluding hydrogens is 228 g/mol. The fraction of sp³-hybridized carbons (Fsp3) is 0.231. The van der Waals surface area contributed by atoms with Gasteiger partial charge in [0.2, 0.25) is 0 Å². The van der Waals surface area contributed by atoms with Crippen molar-refractivity contribution >= 4 is 11.6 Å². The number of hydrogen-bond donors (Lipinski definition) is 2. The lowest BCUT2D eigenvalue weighted by molar-refractivity contribution is 0.0952. The molecule has 1 amide bonds. The van der Waals surface area contributed by atoms with Crippen LogP contribution in [-0.2, 0) is 6.54 Å². The zero-order valence-electron chi connectivity index (χ0n) is 10.3. The van der Waals surface area contributed by atoms with Crippen molar-refractivity contribution < 1.29 is 4.79 Å². The van der Waals surface area contributed by atoms with Crippen LogP contribution >= 0.6 is 0 Å². The molecule has 0 radical (unpaired) electrons. The average Bonchev–Trinajstić information content (AvgIpc) is 2.75. The van der Waals surface area contributed by atoms with Crippen molar-refractivity contribution in [1.29, 1.82) is 0 Å². The number of carbonyl (C=O) groups is 1. The van der Waals surface area contributed by atoms with Gasteiger partial charge in [-0.05, 0) is 30.7 Å². The highest BCUT2D eigenvalue weighted by Gasteiger charge is 2.04.